The van der Waals surface area contributed by atoms with Gasteiger partial charge in [-0.2, -0.15) is 15.0 Å². The number of halogens is 1. The summed E-state index contributed by atoms with van der Waals surface area (Å²) in [5, 5.41) is 24.5. The second kappa shape index (κ2) is 18.4. The monoisotopic (exact) mass is 680 g/mol. The van der Waals surface area contributed by atoms with E-state index in [1.165, 1.54) is 18.2 Å². The summed E-state index contributed by atoms with van der Waals surface area (Å²) in [5.74, 6) is 0.0131. The third kappa shape index (κ3) is 11.2. The van der Waals surface area contributed by atoms with Crippen LogP contribution in [0, 0.1) is 5.82 Å². The molecule has 1 aromatic heterocycles. The van der Waals surface area contributed by atoms with Crippen LogP contribution in [0.3, 0.4) is 0 Å². The Morgan fingerprint density at radius 2 is 1.14 bits per heavy atom. The van der Waals surface area contributed by atoms with Crippen LogP contribution in [0.4, 0.5) is 33.6 Å². The molecule has 0 unspecified atom stereocenters. The maximum Gasteiger partial charge on any atom is 0.251 e. The molecule has 0 fully saturated rings. The van der Waals surface area contributed by atoms with Gasteiger partial charge in [-0.25, -0.2) is 4.39 Å². The zero-order valence-electron chi connectivity index (χ0n) is 27.1. The molecule has 0 bridgehead atoms. The van der Waals surface area contributed by atoms with Crippen LogP contribution in [-0.4, -0.2) is 71.4 Å². The summed E-state index contributed by atoms with van der Waals surface area (Å²) in [5.41, 5.74) is 2.67. The standard InChI is InChI=1S/C36H37FN8O5/c37-31-9-5-4-8-27(31)24-40-33(48)26-10-12-28(13-11-26)41-35-43-34(44-36(45-35)42-29-14-16-30(46)17-15-29)39-19-21-50-23-22-49-20-18-38-32(47)25-6-2-1-3-7-25/h1-17,46H,18-24H2,(H,38,47)(H,40,48)(H3,39,41,42,43,44,45). The normalized spacial score (nSPS) is 10.7. The molecular formula is C36H37FN8O5. The summed E-state index contributed by atoms with van der Waals surface area (Å²) >= 11 is 0. The van der Waals surface area contributed by atoms with E-state index in [4.69, 9.17) is 9.47 Å². The van der Waals surface area contributed by atoms with E-state index in [9.17, 15) is 19.1 Å². The van der Waals surface area contributed by atoms with Crippen LogP contribution in [0.1, 0.15) is 26.3 Å². The van der Waals surface area contributed by atoms with Gasteiger partial charge >= 0.3 is 0 Å². The third-order valence-corrected chi connectivity index (χ3v) is 7.03. The molecule has 50 heavy (non-hydrogen) atoms. The van der Waals surface area contributed by atoms with Crippen molar-refractivity contribution in [2.75, 3.05) is 55.5 Å². The smallest absolute Gasteiger partial charge is 0.251 e. The van der Waals surface area contributed by atoms with Gasteiger partial charge in [-0.05, 0) is 66.7 Å². The predicted molar refractivity (Wildman–Crippen MR) is 187 cm³/mol. The molecule has 5 aromatic rings. The molecule has 0 atom stereocenters. The minimum absolute atomic E-state index is 0.0677. The lowest BCUT2D eigenvalue weighted by molar-refractivity contribution is 0.0519. The van der Waals surface area contributed by atoms with E-state index in [0.29, 0.717) is 67.6 Å². The maximum atomic E-state index is 13.9. The number of benzene rings is 4. The van der Waals surface area contributed by atoms with Crippen LogP contribution in [0.25, 0.3) is 0 Å². The third-order valence-electron chi connectivity index (χ3n) is 7.03. The van der Waals surface area contributed by atoms with Gasteiger partial charge in [0.05, 0.1) is 26.4 Å². The van der Waals surface area contributed by atoms with Crippen molar-refractivity contribution >= 4 is 41.0 Å². The lowest BCUT2D eigenvalue weighted by atomic mass is 10.1. The van der Waals surface area contributed by atoms with Crippen molar-refractivity contribution < 1.29 is 28.6 Å². The van der Waals surface area contributed by atoms with Crippen LogP contribution in [0.2, 0.25) is 0 Å². The first-order valence-corrected chi connectivity index (χ1v) is 15.9. The molecule has 0 aliphatic carbocycles. The summed E-state index contributed by atoms with van der Waals surface area (Å²) in [6.45, 7) is 2.30. The minimum atomic E-state index is -0.380. The zero-order chi connectivity index (χ0) is 35.0. The molecule has 1 heterocycles. The first-order valence-electron chi connectivity index (χ1n) is 15.9. The van der Waals surface area contributed by atoms with Crippen molar-refractivity contribution in [3.8, 4) is 5.75 Å². The van der Waals surface area contributed by atoms with Gasteiger partial charge in [-0.1, -0.05) is 36.4 Å². The molecule has 0 saturated carbocycles. The fourth-order valence-corrected chi connectivity index (χ4v) is 4.48. The SMILES string of the molecule is O=C(NCCOCCOCCNc1nc(Nc2ccc(O)cc2)nc(Nc2ccc(C(=O)NCc3ccccc3F)cc2)n1)c1ccccc1. The average molecular weight is 681 g/mol. The number of hydrogen-bond acceptors (Lipinski definition) is 11. The van der Waals surface area contributed by atoms with Crippen molar-refractivity contribution in [1.29, 1.82) is 0 Å². The van der Waals surface area contributed by atoms with Crippen molar-refractivity contribution in [2.24, 2.45) is 0 Å². The molecule has 4 aromatic carbocycles. The van der Waals surface area contributed by atoms with E-state index in [2.05, 4.69) is 41.5 Å². The van der Waals surface area contributed by atoms with Gasteiger partial charge in [0, 0.05) is 47.7 Å². The molecule has 6 N–H and O–H groups in total. The Labute approximate surface area is 288 Å². The highest BCUT2D eigenvalue weighted by atomic mass is 19.1. The molecule has 258 valence electrons. The number of phenols is 1. The highest BCUT2D eigenvalue weighted by Gasteiger charge is 2.11. The highest BCUT2D eigenvalue weighted by molar-refractivity contribution is 5.94. The molecule has 5 rings (SSSR count). The van der Waals surface area contributed by atoms with Gasteiger partial charge in [0.2, 0.25) is 17.8 Å². The number of carbonyl (C=O) groups is 2. The lowest BCUT2D eigenvalue weighted by Gasteiger charge is -2.12. The van der Waals surface area contributed by atoms with Crippen LogP contribution in [0.5, 0.6) is 5.75 Å². The fraction of sp³-hybridized carbons (Fsp3) is 0.194. The van der Waals surface area contributed by atoms with Crippen LogP contribution >= 0.6 is 0 Å². The van der Waals surface area contributed by atoms with Crippen molar-refractivity contribution in [3.63, 3.8) is 0 Å². The molecule has 14 heteroatoms. The summed E-state index contributed by atoms with van der Waals surface area (Å²) in [6, 6.07) is 28.4. The van der Waals surface area contributed by atoms with Gasteiger partial charge < -0.3 is 41.2 Å². The van der Waals surface area contributed by atoms with Gasteiger partial charge in [0.15, 0.2) is 0 Å². The van der Waals surface area contributed by atoms with Gasteiger partial charge in [0.25, 0.3) is 11.8 Å². The Morgan fingerprint density at radius 1 is 0.600 bits per heavy atom. The zero-order valence-corrected chi connectivity index (χ0v) is 27.1. The highest BCUT2D eigenvalue weighted by Crippen LogP contribution is 2.21. The van der Waals surface area contributed by atoms with Crippen molar-refractivity contribution in [1.82, 2.24) is 25.6 Å². The van der Waals surface area contributed by atoms with E-state index in [0.717, 1.165) is 0 Å². The molecular weight excluding hydrogens is 643 g/mol. The van der Waals surface area contributed by atoms with Crippen molar-refractivity contribution in [3.05, 3.63) is 126 Å². The Kier molecular flexibility index (Phi) is 13.0. The number of amides is 2. The second-order valence-corrected chi connectivity index (χ2v) is 10.7. The molecule has 0 aliphatic rings. The van der Waals surface area contributed by atoms with E-state index in [1.807, 2.05) is 18.2 Å². The van der Waals surface area contributed by atoms with Crippen LogP contribution in [0.15, 0.2) is 103 Å². The first-order chi connectivity index (χ1) is 24.4. The molecule has 13 nitrogen and oxygen atoms in total. The largest absolute Gasteiger partial charge is 0.508 e. The lowest BCUT2D eigenvalue weighted by Crippen LogP contribution is -2.27. The molecule has 0 spiro atoms. The number of ether oxygens (including phenoxy) is 2. The number of carbonyl (C=O) groups excluding carboxylic acids is 2. The number of aromatic hydroxyl groups is 1. The van der Waals surface area contributed by atoms with E-state index in [1.54, 1.807) is 66.7 Å². The van der Waals surface area contributed by atoms with Crippen LogP contribution in [-0.2, 0) is 16.0 Å². The van der Waals surface area contributed by atoms with E-state index >= 15 is 0 Å². The van der Waals surface area contributed by atoms with E-state index in [-0.39, 0.29) is 47.8 Å². The quantitative estimate of drug-likeness (QED) is 0.0543. The van der Waals surface area contributed by atoms with Crippen molar-refractivity contribution in [2.45, 2.75) is 6.54 Å². The summed E-state index contributed by atoms with van der Waals surface area (Å²) in [4.78, 5) is 38.0. The minimum Gasteiger partial charge on any atom is -0.508 e. The molecule has 0 saturated heterocycles. The Hall–Kier alpha value is -6.12. The number of hydrogen-bond donors (Lipinski definition) is 6. The van der Waals surface area contributed by atoms with E-state index < -0.39 is 0 Å². The number of aromatic nitrogens is 3. The van der Waals surface area contributed by atoms with Gasteiger partial charge in [-0.15, -0.1) is 0 Å². The molecule has 0 radical (unpaired) electrons. The Balaban J connectivity index is 1.09. The number of nitrogens with zero attached hydrogens (tertiary/aromatic N) is 3. The van der Waals surface area contributed by atoms with Crippen LogP contribution < -0.4 is 26.6 Å². The van der Waals surface area contributed by atoms with Gasteiger partial charge in [0.1, 0.15) is 11.6 Å². The maximum absolute atomic E-state index is 13.9. The Morgan fingerprint density at radius 3 is 1.80 bits per heavy atom. The number of anilines is 5. The number of rotatable bonds is 18. The predicted octanol–water partition coefficient (Wildman–Crippen LogP) is 5.01. The average Bonchev–Trinajstić information content (AvgIpc) is 3.13. The number of phenolic OH excluding ortho intramolecular Hbond substituents is 1. The summed E-state index contributed by atoms with van der Waals surface area (Å²) < 4.78 is 25.1. The number of nitrogens with one attached hydrogen (secondary N) is 5. The molecule has 0 aliphatic heterocycles. The summed E-state index contributed by atoms with van der Waals surface area (Å²) in [6.07, 6.45) is 0. The van der Waals surface area contributed by atoms with Gasteiger partial charge in [-0.3, -0.25) is 9.59 Å². The summed E-state index contributed by atoms with van der Waals surface area (Å²) in [7, 11) is 0. The fourth-order valence-electron chi connectivity index (χ4n) is 4.48. The first kappa shape index (κ1) is 35.2. The Bertz CT molecular complexity index is 1830. The second-order valence-electron chi connectivity index (χ2n) is 10.7. The molecule has 2 amide bonds. The topological polar surface area (TPSA) is 172 Å².